The van der Waals surface area contributed by atoms with Crippen LogP contribution in [0, 0.1) is 0 Å². The monoisotopic (exact) mass is 191 g/mol. The molecule has 1 radical (unpaired) electrons. The van der Waals surface area contributed by atoms with E-state index >= 15 is 0 Å². The quantitative estimate of drug-likeness (QED) is 0.629. The van der Waals surface area contributed by atoms with Gasteiger partial charge in [-0.25, -0.2) is 8.42 Å². The molecular formula is C3H2F3O4S. The predicted octanol–water partition coefficient (Wildman–Crippen LogP) is -0.651. The molecule has 1 unspecified atom stereocenters. The number of alkyl halides is 3. The van der Waals surface area contributed by atoms with Gasteiger partial charge < -0.3 is 5.11 Å². The Balaban J connectivity index is 4.91. The SMILES string of the molecule is O=[C]C(O)S(=O)(=O)C(F)(F)F. The van der Waals surface area contributed by atoms with E-state index in [-0.39, 0.29) is 0 Å². The maximum atomic E-state index is 11.3. The number of hydrogen-bond acceptors (Lipinski definition) is 4. The van der Waals surface area contributed by atoms with Gasteiger partial charge in [0.05, 0.1) is 0 Å². The molecule has 0 spiro atoms. The van der Waals surface area contributed by atoms with E-state index in [0.29, 0.717) is 6.29 Å². The molecule has 0 saturated carbocycles. The molecule has 0 aromatic carbocycles. The molecule has 0 bridgehead atoms. The van der Waals surface area contributed by atoms with E-state index < -0.39 is 20.8 Å². The van der Waals surface area contributed by atoms with Crippen molar-refractivity contribution in [2.24, 2.45) is 0 Å². The van der Waals surface area contributed by atoms with Crippen molar-refractivity contribution in [3.8, 4) is 0 Å². The van der Waals surface area contributed by atoms with E-state index in [9.17, 15) is 26.4 Å². The van der Waals surface area contributed by atoms with Crippen LogP contribution < -0.4 is 0 Å². The van der Waals surface area contributed by atoms with E-state index in [1.54, 1.807) is 0 Å². The van der Waals surface area contributed by atoms with Gasteiger partial charge in [-0.3, -0.25) is 4.79 Å². The first-order chi connectivity index (χ1) is 4.73. The molecule has 0 aliphatic heterocycles. The Bertz CT molecular complexity index is 240. The topological polar surface area (TPSA) is 71.4 Å². The van der Waals surface area contributed by atoms with Crippen molar-refractivity contribution >= 4 is 16.1 Å². The summed E-state index contributed by atoms with van der Waals surface area (Å²) in [5.74, 6) is 0. The molecule has 11 heavy (non-hydrogen) atoms. The molecule has 0 rings (SSSR count). The van der Waals surface area contributed by atoms with E-state index in [1.807, 2.05) is 0 Å². The van der Waals surface area contributed by atoms with Gasteiger partial charge >= 0.3 is 5.51 Å². The molecule has 65 valence electrons. The molecule has 4 nitrogen and oxygen atoms in total. The highest BCUT2D eigenvalue weighted by Crippen LogP contribution is 2.25. The van der Waals surface area contributed by atoms with Gasteiger partial charge in [-0.15, -0.1) is 0 Å². The van der Waals surface area contributed by atoms with Crippen LogP contribution in [0.15, 0.2) is 0 Å². The van der Waals surface area contributed by atoms with Gasteiger partial charge in [0.25, 0.3) is 9.84 Å². The molecule has 1 atom stereocenters. The van der Waals surface area contributed by atoms with Crippen LogP contribution in [0.4, 0.5) is 13.2 Å². The number of hydrogen-bond donors (Lipinski definition) is 1. The Morgan fingerprint density at radius 1 is 1.36 bits per heavy atom. The van der Waals surface area contributed by atoms with Crippen molar-refractivity contribution in [1.82, 2.24) is 0 Å². The average molecular weight is 191 g/mol. The molecule has 0 aliphatic carbocycles. The molecule has 1 N–H and O–H groups in total. The van der Waals surface area contributed by atoms with Crippen LogP contribution in [0.3, 0.4) is 0 Å². The van der Waals surface area contributed by atoms with Gasteiger partial charge in [0.15, 0.2) is 0 Å². The highest BCUT2D eigenvalue weighted by atomic mass is 32.2. The zero-order chi connectivity index (χ0) is 9.28. The normalized spacial score (nSPS) is 16.0. The molecule has 0 amide bonds. The summed E-state index contributed by atoms with van der Waals surface area (Å²) in [5.41, 5.74) is -8.77. The van der Waals surface area contributed by atoms with Crippen molar-refractivity contribution in [3.63, 3.8) is 0 Å². The standard InChI is InChI=1S/C3H2F3O4S/c4-3(5,6)11(9,10)2(8)1-7/h2,8H. The number of carbonyl (C=O) groups excluding carboxylic acids is 1. The third kappa shape index (κ3) is 1.90. The number of aliphatic hydroxyl groups is 1. The molecule has 0 aromatic heterocycles. The molecule has 0 aromatic rings. The smallest absolute Gasteiger partial charge is 0.370 e. The van der Waals surface area contributed by atoms with Crippen LogP contribution in [-0.2, 0) is 14.6 Å². The Morgan fingerprint density at radius 2 is 1.73 bits per heavy atom. The van der Waals surface area contributed by atoms with Gasteiger partial charge in [0, 0.05) is 0 Å². The van der Waals surface area contributed by atoms with Crippen molar-refractivity contribution in [1.29, 1.82) is 0 Å². The lowest BCUT2D eigenvalue weighted by Crippen LogP contribution is -2.34. The first-order valence-electron chi connectivity index (χ1n) is 2.09. The second-order valence-corrected chi connectivity index (χ2v) is 3.46. The fraction of sp³-hybridized carbons (Fsp3) is 0.667. The first kappa shape index (κ1) is 10.4. The largest absolute Gasteiger partial charge is 0.500 e. The second-order valence-electron chi connectivity index (χ2n) is 1.46. The van der Waals surface area contributed by atoms with Crippen LogP contribution in [0.2, 0.25) is 0 Å². The molecule has 0 aliphatic rings. The van der Waals surface area contributed by atoms with E-state index in [1.165, 1.54) is 0 Å². The van der Waals surface area contributed by atoms with Crippen LogP contribution >= 0.6 is 0 Å². The summed E-state index contributed by atoms with van der Waals surface area (Å²) in [6.45, 7) is 0. The number of sulfone groups is 1. The van der Waals surface area contributed by atoms with Crippen LogP contribution in [0.1, 0.15) is 0 Å². The van der Waals surface area contributed by atoms with Gasteiger partial charge in [-0.05, 0) is 0 Å². The van der Waals surface area contributed by atoms with Gasteiger partial charge in [-0.1, -0.05) is 0 Å². The summed E-state index contributed by atoms with van der Waals surface area (Å²) in [6.07, 6.45) is 0.309. The minimum absolute atomic E-state index is 0.309. The Labute approximate surface area is 59.5 Å². The molecular weight excluding hydrogens is 189 g/mol. The first-order valence-corrected chi connectivity index (χ1v) is 3.64. The van der Waals surface area contributed by atoms with Crippen molar-refractivity contribution in [3.05, 3.63) is 0 Å². The molecule has 8 heteroatoms. The molecule has 0 heterocycles. The summed E-state index contributed by atoms with van der Waals surface area (Å²) in [5, 5.41) is 7.99. The maximum Gasteiger partial charge on any atom is 0.500 e. The van der Waals surface area contributed by atoms with E-state index in [0.717, 1.165) is 0 Å². The Kier molecular flexibility index (Phi) is 2.62. The Morgan fingerprint density at radius 3 is 1.82 bits per heavy atom. The Hall–Kier alpha value is -0.630. The summed E-state index contributed by atoms with van der Waals surface area (Å²) >= 11 is 0. The number of rotatable bonds is 2. The zero-order valence-electron chi connectivity index (χ0n) is 4.79. The lowest BCUT2D eigenvalue weighted by Gasteiger charge is -2.07. The number of halogens is 3. The van der Waals surface area contributed by atoms with Gasteiger partial charge in [-0.2, -0.15) is 13.2 Å². The highest BCUT2D eigenvalue weighted by molar-refractivity contribution is 7.93. The minimum atomic E-state index is -5.79. The van der Waals surface area contributed by atoms with E-state index in [2.05, 4.69) is 0 Å². The van der Waals surface area contributed by atoms with Crippen molar-refractivity contribution < 1.29 is 31.5 Å². The average Bonchev–Trinajstić information content (AvgIpc) is 1.83. The van der Waals surface area contributed by atoms with Gasteiger partial charge in [0.1, 0.15) is 0 Å². The molecule has 0 saturated heterocycles. The highest BCUT2D eigenvalue weighted by Gasteiger charge is 2.50. The van der Waals surface area contributed by atoms with Crippen LogP contribution in [-0.4, -0.2) is 30.8 Å². The van der Waals surface area contributed by atoms with Crippen LogP contribution in [0.5, 0.6) is 0 Å². The lowest BCUT2D eigenvalue weighted by atomic mass is 10.8. The lowest BCUT2D eigenvalue weighted by molar-refractivity contribution is -0.0461. The summed E-state index contributed by atoms with van der Waals surface area (Å²) in [6, 6.07) is 0. The fourth-order valence-corrected chi connectivity index (χ4v) is 0.570. The summed E-state index contributed by atoms with van der Waals surface area (Å²) in [7, 11) is -5.79. The third-order valence-electron chi connectivity index (χ3n) is 0.717. The van der Waals surface area contributed by atoms with Crippen molar-refractivity contribution in [2.75, 3.05) is 0 Å². The summed E-state index contributed by atoms with van der Waals surface area (Å²) < 4.78 is 53.9. The second kappa shape index (κ2) is 2.78. The molecule has 0 fully saturated rings. The zero-order valence-corrected chi connectivity index (χ0v) is 5.61. The third-order valence-corrected chi connectivity index (χ3v) is 2.05. The minimum Gasteiger partial charge on any atom is -0.370 e. The fourth-order valence-electron chi connectivity index (χ4n) is 0.190. The number of aliphatic hydroxyl groups excluding tert-OH is 1. The summed E-state index contributed by atoms with van der Waals surface area (Å²) in [4.78, 5) is 9.34. The predicted molar refractivity (Wildman–Crippen MR) is 26.7 cm³/mol. The van der Waals surface area contributed by atoms with Crippen molar-refractivity contribution in [2.45, 2.75) is 10.9 Å². The maximum absolute atomic E-state index is 11.3. The van der Waals surface area contributed by atoms with Gasteiger partial charge in [0.2, 0.25) is 11.7 Å². The van der Waals surface area contributed by atoms with E-state index in [4.69, 9.17) is 5.11 Å². The van der Waals surface area contributed by atoms with Crippen LogP contribution in [0.25, 0.3) is 0 Å².